The zero-order valence-corrected chi connectivity index (χ0v) is 14.4. The van der Waals surface area contributed by atoms with Crippen LogP contribution in [0.25, 0.3) is 0 Å². The molecule has 2 aromatic rings. The predicted octanol–water partition coefficient (Wildman–Crippen LogP) is 3.53. The first kappa shape index (κ1) is 18.3. The molecule has 0 unspecified atom stereocenters. The number of amides is 1. The highest BCUT2D eigenvalue weighted by Crippen LogP contribution is 2.27. The molecule has 5 nitrogen and oxygen atoms in total. The molecule has 0 atom stereocenters. The zero-order chi connectivity index (χ0) is 17.5. The van der Waals surface area contributed by atoms with Gasteiger partial charge in [0.25, 0.3) is 5.91 Å². The fraction of sp³-hybridized carbons (Fsp3) is 0.0667. The molecule has 0 saturated heterocycles. The van der Waals surface area contributed by atoms with Crippen LogP contribution in [0.3, 0.4) is 0 Å². The van der Waals surface area contributed by atoms with Gasteiger partial charge < -0.3 is 10.1 Å². The molecule has 3 N–H and O–H groups in total. The standard InChI is InChI=1S/C15H12Cl2FN3O2S/c16-9-1-6-13(12(17)7-9)23-8-14(22)20-21-15(24)19-11-4-2-10(18)3-5-11/h1-7H,8H2,(H,20,22)(H2,19,21,24). The number of carbonyl (C=O) groups excluding carboxylic acids is 1. The minimum atomic E-state index is -0.468. The van der Waals surface area contributed by atoms with Crippen LogP contribution in [0.2, 0.25) is 10.0 Å². The summed E-state index contributed by atoms with van der Waals surface area (Å²) >= 11 is 16.7. The van der Waals surface area contributed by atoms with Gasteiger partial charge in [-0.05, 0) is 54.7 Å². The molecule has 0 aliphatic rings. The molecule has 0 radical (unpaired) electrons. The van der Waals surface area contributed by atoms with Crippen LogP contribution in [0.4, 0.5) is 10.1 Å². The van der Waals surface area contributed by atoms with Crippen molar-refractivity contribution in [2.45, 2.75) is 0 Å². The minimum absolute atomic E-state index is 0.138. The molecule has 0 aromatic heterocycles. The van der Waals surface area contributed by atoms with Crippen molar-refractivity contribution in [3.05, 3.63) is 58.3 Å². The first-order valence-electron chi connectivity index (χ1n) is 6.63. The van der Waals surface area contributed by atoms with E-state index in [0.29, 0.717) is 21.5 Å². The number of benzene rings is 2. The Hall–Kier alpha value is -2.09. The Morgan fingerprint density at radius 2 is 1.83 bits per heavy atom. The maximum absolute atomic E-state index is 12.8. The second kappa shape index (κ2) is 8.68. The van der Waals surface area contributed by atoms with E-state index in [1.807, 2.05) is 0 Å². The van der Waals surface area contributed by atoms with Crippen molar-refractivity contribution >= 4 is 52.1 Å². The third-order valence-electron chi connectivity index (χ3n) is 2.67. The van der Waals surface area contributed by atoms with Gasteiger partial charge in [0.2, 0.25) is 0 Å². The average molecular weight is 388 g/mol. The highest BCUT2D eigenvalue weighted by atomic mass is 35.5. The summed E-state index contributed by atoms with van der Waals surface area (Å²) in [5, 5.41) is 3.69. The van der Waals surface area contributed by atoms with Gasteiger partial charge in [0.05, 0.1) is 5.02 Å². The molecule has 0 aliphatic carbocycles. The van der Waals surface area contributed by atoms with Gasteiger partial charge in [-0.25, -0.2) is 4.39 Å². The molecular formula is C15H12Cl2FN3O2S. The lowest BCUT2D eigenvalue weighted by Gasteiger charge is -2.12. The van der Waals surface area contributed by atoms with Gasteiger partial charge in [-0.2, -0.15) is 0 Å². The van der Waals surface area contributed by atoms with Crippen LogP contribution >= 0.6 is 35.4 Å². The highest BCUT2D eigenvalue weighted by molar-refractivity contribution is 7.80. The van der Waals surface area contributed by atoms with Crippen molar-refractivity contribution in [3.8, 4) is 5.75 Å². The lowest BCUT2D eigenvalue weighted by Crippen LogP contribution is -2.45. The lowest BCUT2D eigenvalue weighted by atomic mass is 10.3. The molecule has 0 fully saturated rings. The summed E-state index contributed by atoms with van der Waals surface area (Å²) in [7, 11) is 0. The molecule has 0 aliphatic heterocycles. The second-order valence-electron chi connectivity index (χ2n) is 4.50. The molecule has 2 aromatic carbocycles. The van der Waals surface area contributed by atoms with Crippen LogP contribution in [0.15, 0.2) is 42.5 Å². The van der Waals surface area contributed by atoms with Gasteiger partial charge >= 0.3 is 0 Å². The summed E-state index contributed by atoms with van der Waals surface area (Å²) in [5.41, 5.74) is 5.43. The SMILES string of the molecule is O=C(COc1ccc(Cl)cc1Cl)NNC(=S)Nc1ccc(F)cc1. The Morgan fingerprint density at radius 1 is 1.12 bits per heavy atom. The number of rotatable bonds is 4. The van der Waals surface area contributed by atoms with E-state index in [4.69, 9.17) is 40.2 Å². The number of ether oxygens (including phenoxy) is 1. The number of thiocarbonyl (C=S) groups is 1. The van der Waals surface area contributed by atoms with Crippen LogP contribution < -0.4 is 20.9 Å². The number of nitrogens with one attached hydrogen (secondary N) is 3. The van der Waals surface area contributed by atoms with Crippen LogP contribution in [0, 0.1) is 5.82 Å². The third-order valence-corrected chi connectivity index (χ3v) is 3.40. The summed E-state index contributed by atoms with van der Waals surface area (Å²) in [6.45, 7) is -0.270. The first-order valence-corrected chi connectivity index (χ1v) is 7.80. The quantitative estimate of drug-likeness (QED) is 0.553. The number of halogens is 3. The molecule has 9 heteroatoms. The van der Waals surface area contributed by atoms with Gasteiger partial charge in [0.15, 0.2) is 11.7 Å². The van der Waals surface area contributed by atoms with E-state index >= 15 is 0 Å². The number of hydrogen-bond donors (Lipinski definition) is 3. The van der Waals surface area contributed by atoms with Gasteiger partial charge in [0.1, 0.15) is 11.6 Å². The van der Waals surface area contributed by atoms with Gasteiger partial charge in [0, 0.05) is 10.7 Å². The molecule has 0 heterocycles. The maximum atomic E-state index is 12.8. The molecule has 0 bridgehead atoms. The van der Waals surface area contributed by atoms with E-state index in [0.717, 1.165) is 0 Å². The molecule has 126 valence electrons. The Bertz CT molecular complexity index is 744. The summed E-state index contributed by atoms with van der Waals surface area (Å²) in [4.78, 5) is 11.7. The van der Waals surface area contributed by atoms with Crippen molar-refractivity contribution in [1.82, 2.24) is 10.9 Å². The molecule has 24 heavy (non-hydrogen) atoms. The Kier molecular flexibility index (Phi) is 6.60. The van der Waals surface area contributed by atoms with E-state index in [9.17, 15) is 9.18 Å². The highest BCUT2D eigenvalue weighted by Gasteiger charge is 2.07. The van der Waals surface area contributed by atoms with Crippen LogP contribution in [-0.4, -0.2) is 17.6 Å². The Morgan fingerprint density at radius 3 is 2.50 bits per heavy atom. The second-order valence-corrected chi connectivity index (χ2v) is 5.75. The summed E-state index contributed by atoms with van der Waals surface area (Å²) < 4.78 is 18.1. The van der Waals surface area contributed by atoms with E-state index in [1.165, 1.54) is 30.3 Å². The van der Waals surface area contributed by atoms with E-state index in [1.54, 1.807) is 12.1 Å². The van der Waals surface area contributed by atoms with E-state index in [-0.39, 0.29) is 17.5 Å². The van der Waals surface area contributed by atoms with Crippen molar-refractivity contribution in [1.29, 1.82) is 0 Å². The van der Waals surface area contributed by atoms with Gasteiger partial charge in [-0.3, -0.25) is 15.6 Å². The first-order chi connectivity index (χ1) is 11.4. The van der Waals surface area contributed by atoms with Crippen LogP contribution in [0.5, 0.6) is 5.75 Å². The fourth-order valence-electron chi connectivity index (χ4n) is 1.59. The van der Waals surface area contributed by atoms with E-state index < -0.39 is 5.91 Å². The normalized spacial score (nSPS) is 9.96. The average Bonchev–Trinajstić information content (AvgIpc) is 2.54. The number of carbonyl (C=O) groups is 1. The summed E-state index contributed by atoms with van der Waals surface area (Å²) in [6, 6.07) is 10.3. The number of hydrazine groups is 1. The summed E-state index contributed by atoms with van der Waals surface area (Å²) in [5.74, 6) is -0.488. The topological polar surface area (TPSA) is 62.4 Å². The molecule has 0 saturated carbocycles. The lowest BCUT2D eigenvalue weighted by molar-refractivity contribution is -0.123. The smallest absolute Gasteiger partial charge is 0.276 e. The molecule has 0 spiro atoms. The van der Waals surface area contributed by atoms with Crippen molar-refractivity contribution < 1.29 is 13.9 Å². The monoisotopic (exact) mass is 387 g/mol. The van der Waals surface area contributed by atoms with Crippen molar-refractivity contribution in [2.24, 2.45) is 0 Å². The van der Waals surface area contributed by atoms with E-state index in [2.05, 4.69) is 16.2 Å². The Balaban J connectivity index is 1.74. The summed E-state index contributed by atoms with van der Waals surface area (Å²) in [6.07, 6.45) is 0. The van der Waals surface area contributed by atoms with Crippen LogP contribution in [-0.2, 0) is 4.79 Å². The number of hydrogen-bond acceptors (Lipinski definition) is 3. The third kappa shape index (κ3) is 5.84. The maximum Gasteiger partial charge on any atom is 0.276 e. The molecule has 2 rings (SSSR count). The Labute approximate surface area is 153 Å². The van der Waals surface area contributed by atoms with Crippen LogP contribution in [0.1, 0.15) is 0 Å². The molecular weight excluding hydrogens is 376 g/mol. The predicted molar refractivity (Wildman–Crippen MR) is 95.9 cm³/mol. The zero-order valence-electron chi connectivity index (χ0n) is 12.1. The van der Waals surface area contributed by atoms with Gasteiger partial charge in [-0.15, -0.1) is 0 Å². The largest absolute Gasteiger partial charge is 0.482 e. The fourth-order valence-corrected chi connectivity index (χ4v) is 2.23. The minimum Gasteiger partial charge on any atom is -0.482 e. The van der Waals surface area contributed by atoms with Gasteiger partial charge in [-0.1, -0.05) is 23.2 Å². The number of anilines is 1. The molecule has 1 amide bonds. The van der Waals surface area contributed by atoms with Crippen molar-refractivity contribution in [3.63, 3.8) is 0 Å². The van der Waals surface area contributed by atoms with Crippen molar-refractivity contribution in [2.75, 3.05) is 11.9 Å².